The van der Waals surface area contributed by atoms with E-state index in [0.717, 1.165) is 22.4 Å². The van der Waals surface area contributed by atoms with Crippen LogP contribution in [0.25, 0.3) is 0 Å². The maximum absolute atomic E-state index is 13.5. The Morgan fingerprint density at radius 2 is 1.50 bits per heavy atom. The van der Waals surface area contributed by atoms with Crippen molar-refractivity contribution in [3.63, 3.8) is 0 Å². The Balaban J connectivity index is 2.53. The van der Waals surface area contributed by atoms with Crippen molar-refractivity contribution in [1.29, 1.82) is 0 Å². The first-order valence-electron chi connectivity index (χ1n) is 6.19. The fourth-order valence-electron chi connectivity index (χ4n) is 2.12. The predicted molar refractivity (Wildman–Crippen MR) is 81.5 cm³/mol. The normalized spacial score (nSPS) is 12.1. The molecule has 0 saturated heterocycles. The van der Waals surface area contributed by atoms with Crippen molar-refractivity contribution in [2.75, 3.05) is 14.2 Å². The van der Waals surface area contributed by atoms with Gasteiger partial charge in [-0.25, -0.2) is 4.39 Å². The summed E-state index contributed by atoms with van der Waals surface area (Å²) in [6.45, 7) is 2.01. The quantitative estimate of drug-likeness (QED) is 0.756. The van der Waals surface area contributed by atoms with Gasteiger partial charge in [-0.1, -0.05) is 33.6 Å². The highest BCUT2D eigenvalue weighted by atomic mass is 79.9. The van der Waals surface area contributed by atoms with Crippen LogP contribution in [0.15, 0.2) is 36.4 Å². The zero-order valence-electron chi connectivity index (χ0n) is 11.6. The molecule has 4 heteroatoms. The van der Waals surface area contributed by atoms with Crippen LogP contribution >= 0.6 is 15.9 Å². The molecule has 0 heterocycles. The van der Waals surface area contributed by atoms with Crippen LogP contribution in [-0.2, 0) is 0 Å². The van der Waals surface area contributed by atoms with Gasteiger partial charge in [0.2, 0.25) is 0 Å². The van der Waals surface area contributed by atoms with Gasteiger partial charge in [0, 0.05) is 11.1 Å². The molecule has 2 aromatic rings. The van der Waals surface area contributed by atoms with Crippen LogP contribution in [0, 0.1) is 12.7 Å². The van der Waals surface area contributed by atoms with Crippen LogP contribution in [-0.4, -0.2) is 14.2 Å². The zero-order valence-corrected chi connectivity index (χ0v) is 13.2. The summed E-state index contributed by atoms with van der Waals surface area (Å²) < 4.78 is 24.2. The standard InChI is InChI=1S/C16H16BrFO2/c1-10-4-6-14(19-2)12(8-10)16(17)13-9-11(18)5-7-15(13)20-3/h4-9,16H,1-3H3. The van der Waals surface area contributed by atoms with Crippen molar-refractivity contribution in [1.82, 2.24) is 0 Å². The Labute approximate surface area is 126 Å². The average Bonchev–Trinajstić information content (AvgIpc) is 2.46. The lowest BCUT2D eigenvalue weighted by molar-refractivity contribution is 0.404. The molecule has 0 amide bonds. The van der Waals surface area contributed by atoms with Gasteiger partial charge in [0.1, 0.15) is 17.3 Å². The third-order valence-corrected chi connectivity index (χ3v) is 4.11. The Hall–Kier alpha value is -1.55. The van der Waals surface area contributed by atoms with E-state index < -0.39 is 0 Å². The summed E-state index contributed by atoms with van der Waals surface area (Å²) >= 11 is 3.62. The van der Waals surface area contributed by atoms with Crippen molar-refractivity contribution >= 4 is 15.9 Å². The second-order valence-electron chi connectivity index (χ2n) is 4.49. The van der Waals surface area contributed by atoms with E-state index in [0.29, 0.717) is 5.75 Å². The number of ether oxygens (including phenoxy) is 2. The number of benzene rings is 2. The van der Waals surface area contributed by atoms with Gasteiger partial charge in [0.25, 0.3) is 0 Å². The summed E-state index contributed by atoms with van der Waals surface area (Å²) in [5, 5.41) is 0. The molecule has 2 rings (SSSR count). The second-order valence-corrected chi connectivity index (χ2v) is 5.41. The van der Waals surface area contributed by atoms with E-state index in [1.165, 1.54) is 12.1 Å². The Bertz CT molecular complexity index is 560. The summed E-state index contributed by atoms with van der Waals surface area (Å²) in [6, 6.07) is 10.4. The molecule has 0 aromatic heterocycles. The van der Waals surface area contributed by atoms with E-state index in [4.69, 9.17) is 9.47 Å². The van der Waals surface area contributed by atoms with Crippen molar-refractivity contribution in [3.8, 4) is 11.5 Å². The van der Waals surface area contributed by atoms with Crippen LogP contribution in [0.1, 0.15) is 21.5 Å². The van der Waals surface area contributed by atoms with Crippen LogP contribution in [0.4, 0.5) is 4.39 Å². The smallest absolute Gasteiger partial charge is 0.123 e. The molecule has 0 aliphatic carbocycles. The Morgan fingerprint density at radius 3 is 2.10 bits per heavy atom. The van der Waals surface area contributed by atoms with Gasteiger partial charge < -0.3 is 9.47 Å². The number of hydrogen-bond donors (Lipinski definition) is 0. The summed E-state index contributed by atoms with van der Waals surface area (Å²) in [5.74, 6) is 1.09. The summed E-state index contributed by atoms with van der Waals surface area (Å²) in [7, 11) is 3.20. The molecule has 20 heavy (non-hydrogen) atoms. The number of alkyl halides is 1. The molecular formula is C16H16BrFO2. The van der Waals surface area contributed by atoms with Gasteiger partial charge in [0.15, 0.2) is 0 Å². The maximum atomic E-state index is 13.5. The fourth-order valence-corrected chi connectivity index (χ4v) is 2.84. The van der Waals surface area contributed by atoms with Gasteiger partial charge in [-0.2, -0.15) is 0 Å². The zero-order chi connectivity index (χ0) is 14.7. The Morgan fingerprint density at radius 1 is 0.950 bits per heavy atom. The molecule has 2 aromatic carbocycles. The molecule has 0 fully saturated rings. The number of rotatable bonds is 4. The molecule has 0 saturated carbocycles. The molecule has 0 bridgehead atoms. The lowest BCUT2D eigenvalue weighted by Crippen LogP contribution is -2.01. The summed E-state index contributed by atoms with van der Waals surface area (Å²) in [6.07, 6.45) is 0. The minimum absolute atomic E-state index is 0.206. The minimum Gasteiger partial charge on any atom is -0.496 e. The van der Waals surface area contributed by atoms with E-state index in [-0.39, 0.29) is 10.6 Å². The monoisotopic (exact) mass is 338 g/mol. The third-order valence-electron chi connectivity index (χ3n) is 3.12. The summed E-state index contributed by atoms with van der Waals surface area (Å²) in [5.41, 5.74) is 2.79. The van der Waals surface area contributed by atoms with Crippen molar-refractivity contribution in [2.24, 2.45) is 0 Å². The van der Waals surface area contributed by atoms with Crippen molar-refractivity contribution in [3.05, 3.63) is 58.9 Å². The maximum Gasteiger partial charge on any atom is 0.123 e. The van der Waals surface area contributed by atoms with Crippen molar-refractivity contribution in [2.45, 2.75) is 11.8 Å². The lowest BCUT2D eigenvalue weighted by Gasteiger charge is -2.18. The van der Waals surface area contributed by atoms with E-state index in [1.54, 1.807) is 20.3 Å². The van der Waals surface area contributed by atoms with E-state index in [9.17, 15) is 4.39 Å². The molecule has 1 atom stereocenters. The Kier molecular flexibility index (Phi) is 4.65. The molecule has 0 N–H and O–H groups in total. The predicted octanol–water partition coefficient (Wildman–Crippen LogP) is 4.64. The highest BCUT2D eigenvalue weighted by Gasteiger charge is 2.19. The first-order chi connectivity index (χ1) is 9.56. The van der Waals surface area contributed by atoms with E-state index in [2.05, 4.69) is 15.9 Å². The first-order valence-corrected chi connectivity index (χ1v) is 7.10. The molecule has 106 valence electrons. The van der Waals surface area contributed by atoms with Gasteiger partial charge in [-0.3, -0.25) is 0 Å². The van der Waals surface area contributed by atoms with Crippen LogP contribution in [0.5, 0.6) is 11.5 Å². The number of aryl methyl sites for hydroxylation is 1. The summed E-state index contributed by atoms with van der Waals surface area (Å²) in [4.78, 5) is -0.206. The molecular weight excluding hydrogens is 323 g/mol. The highest BCUT2D eigenvalue weighted by Crippen LogP contribution is 2.41. The molecule has 0 aliphatic rings. The van der Waals surface area contributed by atoms with Crippen molar-refractivity contribution < 1.29 is 13.9 Å². The van der Waals surface area contributed by atoms with Crippen LogP contribution in [0.2, 0.25) is 0 Å². The number of methoxy groups -OCH3 is 2. The topological polar surface area (TPSA) is 18.5 Å². The molecule has 1 unspecified atom stereocenters. The molecule has 0 spiro atoms. The SMILES string of the molecule is COc1ccc(C)cc1C(Br)c1cc(F)ccc1OC. The molecule has 0 radical (unpaired) electrons. The van der Waals surface area contributed by atoms with Gasteiger partial charge in [0.05, 0.1) is 19.0 Å². The van der Waals surface area contributed by atoms with Crippen LogP contribution in [0.3, 0.4) is 0 Å². The van der Waals surface area contributed by atoms with E-state index >= 15 is 0 Å². The minimum atomic E-state index is -0.295. The van der Waals surface area contributed by atoms with Gasteiger partial charge in [-0.05, 0) is 31.2 Å². The molecule has 2 nitrogen and oxygen atoms in total. The van der Waals surface area contributed by atoms with Crippen LogP contribution < -0.4 is 9.47 Å². The first kappa shape index (κ1) is 14.9. The largest absolute Gasteiger partial charge is 0.496 e. The lowest BCUT2D eigenvalue weighted by atomic mass is 10.0. The third kappa shape index (κ3) is 2.96. The highest BCUT2D eigenvalue weighted by molar-refractivity contribution is 9.09. The second kappa shape index (κ2) is 6.27. The van der Waals surface area contributed by atoms with Gasteiger partial charge >= 0.3 is 0 Å². The average molecular weight is 339 g/mol. The molecule has 0 aliphatic heterocycles. The van der Waals surface area contributed by atoms with Gasteiger partial charge in [-0.15, -0.1) is 0 Å². The number of hydrogen-bond acceptors (Lipinski definition) is 2. The van der Waals surface area contributed by atoms with E-state index in [1.807, 2.05) is 25.1 Å². The number of halogens is 2. The fraction of sp³-hybridized carbons (Fsp3) is 0.250.